The van der Waals surface area contributed by atoms with E-state index < -0.39 is 33.4 Å². The van der Waals surface area contributed by atoms with Crippen LogP contribution in [0, 0.1) is 0 Å². The molecule has 2 aromatic heterocycles. The highest BCUT2D eigenvalue weighted by molar-refractivity contribution is 7.98. The number of hydrogen-bond acceptors (Lipinski definition) is 7. The minimum absolute atomic E-state index is 0.0499. The van der Waals surface area contributed by atoms with Crippen LogP contribution < -0.4 is 4.31 Å². The lowest BCUT2D eigenvalue weighted by molar-refractivity contribution is -0.152. The van der Waals surface area contributed by atoms with Gasteiger partial charge >= 0.3 is 5.97 Å². The molecule has 0 bridgehead atoms. The SMILES string of the molecule is CSc1ccc(-n2ccc3cc(N(CC(=O)OC(C)(C)C)S(=O)(=O)C4C=C(Cl)C=C(Cl)C4)ccc32)nn1. The average Bonchev–Trinajstić information content (AvgIpc) is 3.24. The number of ether oxygens (including phenoxy) is 1. The number of fused-ring (bicyclic) bond motifs is 1. The molecular weight excluding hydrogens is 555 g/mol. The zero-order valence-electron chi connectivity index (χ0n) is 20.7. The molecule has 0 amide bonds. The first-order chi connectivity index (χ1) is 17.4. The molecule has 0 spiro atoms. The van der Waals surface area contributed by atoms with Gasteiger partial charge in [0, 0.05) is 28.1 Å². The standard InChI is InChI=1S/C25H26Cl2N4O4S2/c1-25(2,3)35-24(32)15-31(37(33,34)20-13-17(26)12-18(27)14-20)19-5-6-21-16(11-19)9-10-30(21)22-7-8-23(36-4)29-28-22/h5-13,20H,14-15H2,1-4H3. The number of thioether (sulfide) groups is 1. The van der Waals surface area contributed by atoms with E-state index in [0.717, 1.165) is 20.2 Å². The molecule has 12 heteroatoms. The van der Waals surface area contributed by atoms with Crippen molar-refractivity contribution >= 4 is 67.5 Å². The fourth-order valence-corrected chi connectivity index (χ4v) is 6.74. The van der Waals surface area contributed by atoms with Crippen LogP contribution in [0.5, 0.6) is 0 Å². The molecule has 8 nitrogen and oxygen atoms in total. The quantitative estimate of drug-likeness (QED) is 0.263. The molecule has 3 aromatic rings. The van der Waals surface area contributed by atoms with Crippen LogP contribution in [0.4, 0.5) is 5.69 Å². The van der Waals surface area contributed by atoms with E-state index in [1.165, 1.54) is 23.9 Å². The molecule has 0 saturated heterocycles. The number of esters is 1. The fraction of sp³-hybridized carbons (Fsp3) is 0.320. The second-order valence-electron chi connectivity index (χ2n) is 9.39. The van der Waals surface area contributed by atoms with Gasteiger partial charge in [0.15, 0.2) is 5.82 Å². The van der Waals surface area contributed by atoms with E-state index in [4.69, 9.17) is 27.9 Å². The minimum Gasteiger partial charge on any atom is -0.459 e. The van der Waals surface area contributed by atoms with Gasteiger partial charge in [0.25, 0.3) is 0 Å². The summed E-state index contributed by atoms with van der Waals surface area (Å²) < 4.78 is 36.0. The van der Waals surface area contributed by atoms with Gasteiger partial charge in [-0.05, 0) is 75.6 Å². The number of hydrogen-bond donors (Lipinski definition) is 0. The summed E-state index contributed by atoms with van der Waals surface area (Å²) in [6, 6.07) is 10.7. The molecule has 196 valence electrons. The molecule has 4 rings (SSSR count). The Morgan fingerprint density at radius 3 is 2.57 bits per heavy atom. The summed E-state index contributed by atoms with van der Waals surface area (Å²) in [5.74, 6) is -0.0485. The predicted molar refractivity (Wildman–Crippen MR) is 149 cm³/mol. The monoisotopic (exact) mass is 580 g/mol. The first-order valence-corrected chi connectivity index (χ1v) is 14.8. The zero-order valence-corrected chi connectivity index (χ0v) is 23.8. The van der Waals surface area contributed by atoms with Crippen molar-refractivity contribution in [2.24, 2.45) is 0 Å². The smallest absolute Gasteiger partial charge is 0.327 e. The lowest BCUT2D eigenvalue weighted by Crippen LogP contribution is -2.43. The van der Waals surface area contributed by atoms with Crippen molar-refractivity contribution in [3.63, 3.8) is 0 Å². The Morgan fingerprint density at radius 2 is 1.95 bits per heavy atom. The summed E-state index contributed by atoms with van der Waals surface area (Å²) in [6.07, 6.45) is 6.74. The Bertz CT molecular complexity index is 1490. The van der Waals surface area contributed by atoms with Crippen molar-refractivity contribution in [3.8, 4) is 5.82 Å². The molecular formula is C25H26Cl2N4O4S2. The number of carbonyl (C=O) groups is 1. The average molecular weight is 582 g/mol. The van der Waals surface area contributed by atoms with Crippen LogP contribution in [0.2, 0.25) is 0 Å². The highest BCUT2D eigenvalue weighted by Gasteiger charge is 2.35. The van der Waals surface area contributed by atoms with Crippen molar-refractivity contribution in [1.82, 2.24) is 14.8 Å². The van der Waals surface area contributed by atoms with Crippen molar-refractivity contribution in [2.45, 2.75) is 43.1 Å². The van der Waals surface area contributed by atoms with E-state index >= 15 is 0 Å². The third-order valence-electron chi connectivity index (χ3n) is 5.46. The minimum atomic E-state index is -4.10. The molecule has 0 N–H and O–H groups in total. The Kier molecular flexibility index (Phi) is 7.94. The van der Waals surface area contributed by atoms with Gasteiger partial charge < -0.3 is 4.74 Å². The van der Waals surface area contributed by atoms with Gasteiger partial charge in [-0.15, -0.1) is 22.0 Å². The van der Waals surface area contributed by atoms with Crippen molar-refractivity contribution < 1.29 is 17.9 Å². The first kappa shape index (κ1) is 27.5. The summed E-state index contributed by atoms with van der Waals surface area (Å²) in [7, 11) is -4.10. The lowest BCUT2D eigenvalue weighted by atomic mass is 10.2. The van der Waals surface area contributed by atoms with Crippen molar-refractivity contribution in [3.05, 3.63) is 64.8 Å². The molecule has 1 atom stereocenters. The van der Waals surface area contributed by atoms with Crippen LogP contribution in [-0.2, 0) is 19.6 Å². The maximum Gasteiger partial charge on any atom is 0.327 e. The second kappa shape index (κ2) is 10.7. The third kappa shape index (κ3) is 6.31. The molecule has 0 saturated carbocycles. The highest BCUT2D eigenvalue weighted by atomic mass is 35.5. The van der Waals surface area contributed by atoms with Crippen LogP contribution in [0.25, 0.3) is 16.7 Å². The van der Waals surface area contributed by atoms with Gasteiger partial charge in [-0.3, -0.25) is 13.7 Å². The van der Waals surface area contributed by atoms with Crippen LogP contribution in [-0.4, -0.2) is 52.8 Å². The normalized spacial score (nSPS) is 16.3. The molecule has 0 radical (unpaired) electrons. The number of halogens is 2. The number of nitrogens with zero attached hydrogens (tertiary/aromatic N) is 4. The molecule has 0 fully saturated rings. The number of carbonyl (C=O) groups excluding carboxylic acids is 1. The van der Waals surface area contributed by atoms with Gasteiger partial charge in [0.05, 0.1) is 11.2 Å². The number of allylic oxidation sites excluding steroid dienone is 3. The van der Waals surface area contributed by atoms with E-state index in [-0.39, 0.29) is 11.5 Å². The number of benzene rings is 1. The Hall–Kier alpha value is -2.53. The van der Waals surface area contributed by atoms with E-state index in [1.54, 1.807) is 39.0 Å². The van der Waals surface area contributed by atoms with E-state index in [0.29, 0.717) is 16.5 Å². The topological polar surface area (TPSA) is 94.4 Å². The predicted octanol–water partition coefficient (Wildman–Crippen LogP) is 5.64. The first-order valence-electron chi connectivity index (χ1n) is 11.3. The number of sulfonamides is 1. The van der Waals surface area contributed by atoms with Crippen LogP contribution in [0.15, 0.2) is 69.8 Å². The van der Waals surface area contributed by atoms with Crippen LogP contribution in [0.3, 0.4) is 0 Å². The Balaban J connectivity index is 1.74. The summed E-state index contributed by atoms with van der Waals surface area (Å²) >= 11 is 13.8. The maximum absolute atomic E-state index is 13.8. The van der Waals surface area contributed by atoms with Gasteiger partial charge in [-0.2, -0.15) is 0 Å². The molecule has 0 aliphatic heterocycles. The maximum atomic E-state index is 13.8. The number of aromatic nitrogens is 3. The molecule has 37 heavy (non-hydrogen) atoms. The van der Waals surface area contributed by atoms with Gasteiger partial charge in [-0.25, -0.2) is 8.42 Å². The zero-order chi connectivity index (χ0) is 27.0. The van der Waals surface area contributed by atoms with Crippen molar-refractivity contribution in [2.75, 3.05) is 17.1 Å². The van der Waals surface area contributed by atoms with Crippen molar-refractivity contribution in [1.29, 1.82) is 0 Å². The Morgan fingerprint density at radius 1 is 1.19 bits per heavy atom. The highest BCUT2D eigenvalue weighted by Crippen LogP contribution is 2.33. The molecule has 1 unspecified atom stereocenters. The molecule has 1 aliphatic carbocycles. The second-order valence-corrected chi connectivity index (χ2v) is 13.2. The Labute approximate surface area is 230 Å². The summed E-state index contributed by atoms with van der Waals surface area (Å²) in [4.78, 5) is 12.8. The number of anilines is 1. The summed E-state index contributed by atoms with van der Waals surface area (Å²) in [5, 5.41) is 9.53. The van der Waals surface area contributed by atoms with E-state index in [2.05, 4.69) is 10.2 Å². The summed E-state index contributed by atoms with van der Waals surface area (Å²) in [6.45, 7) is 4.67. The van der Waals surface area contributed by atoms with Crippen LogP contribution >= 0.6 is 35.0 Å². The summed E-state index contributed by atoms with van der Waals surface area (Å²) in [5.41, 5.74) is 0.340. The van der Waals surface area contributed by atoms with E-state index in [1.807, 2.05) is 35.2 Å². The van der Waals surface area contributed by atoms with Gasteiger partial charge in [0.2, 0.25) is 10.0 Å². The molecule has 1 aromatic carbocycles. The molecule has 2 heterocycles. The van der Waals surface area contributed by atoms with Crippen LogP contribution in [0.1, 0.15) is 27.2 Å². The van der Waals surface area contributed by atoms with Gasteiger partial charge in [-0.1, -0.05) is 23.2 Å². The largest absolute Gasteiger partial charge is 0.459 e. The fourth-order valence-electron chi connectivity index (χ4n) is 3.89. The molecule has 1 aliphatic rings. The van der Waals surface area contributed by atoms with E-state index in [9.17, 15) is 13.2 Å². The lowest BCUT2D eigenvalue weighted by Gasteiger charge is -2.30. The number of rotatable bonds is 7. The third-order valence-corrected chi connectivity index (χ3v) is 8.62. The van der Waals surface area contributed by atoms with Gasteiger partial charge in [0.1, 0.15) is 22.4 Å².